The molecule has 0 fully saturated rings. The van der Waals surface area contributed by atoms with E-state index in [1.54, 1.807) is 25.3 Å². The number of ether oxygens (including phenoxy) is 1. The highest BCUT2D eigenvalue weighted by molar-refractivity contribution is 7.99. The molecule has 2 N–H and O–H groups in total. The van der Waals surface area contributed by atoms with Crippen LogP contribution < -0.4 is 10.6 Å². The zero-order valence-corrected chi connectivity index (χ0v) is 17.1. The third-order valence-electron chi connectivity index (χ3n) is 3.50. The molecule has 0 aliphatic rings. The van der Waals surface area contributed by atoms with Gasteiger partial charge in [-0.3, -0.25) is 9.59 Å². The highest BCUT2D eigenvalue weighted by atomic mass is 35.5. The standard InChI is InChI=1S/C19H20Cl2N2O3S/c1-26-9-8-22-19(25)16-7-6-15(10-17(16)21)23-18(24)12-27-11-13-2-4-14(20)5-3-13/h2-7,10H,8-9,11-12H2,1H3,(H,22,25)(H,23,24). The Morgan fingerprint density at radius 1 is 1.11 bits per heavy atom. The van der Waals surface area contributed by atoms with Crippen LogP contribution in [-0.4, -0.2) is 37.8 Å². The minimum Gasteiger partial charge on any atom is -0.383 e. The SMILES string of the molecule is COCCNC(=O)c1ccc(NC(=O)CSCc2ccc(Cl)cc2)cc1Cl. The molecule has 0 aromatic heterocycles. The Balaban J connectivity index is 1.82. The summed E-state index contributed by atoms with van der Waals surface area (Å²) in [4.78, 5) is 24.1. The number of nitrogens with one attached hydrogen (secondary N) is 2. The van der Waals surface area contributed by atoms with Gasteiger partial charge in [-0.05, 0) is 35.9 Å². The largest absolute Gasteiger partial charge is 0.383 e. The quantitative estimate of drug-likeness (QED) is 0.588. The summed E-state index contributed by atoms with van der Waals surface area (Å²) in [5.74, 6) is 0.599. The second-order valence-corrected chi connectivity index (χ2v) is 7.44. The van der Waals surface area contributed by atoms with E-state index in [2.05, 4.69) is 10.6 Å². The molecule has 0 atom stereocenters. The van der Waals surface area contributed by atoms with Crippen molar-refractivity contribution in [2.45, 2.75) is 5.75 Å². The highest BCUT2D eigenvalue weighted by Crippen LogP contribution is 2.22. The number of thioether (sulfide) groups is 1. The molecule has 0 saturated heterocycles. The fraction of sp³-hybridized carbons (Fsp3) is 0.263. The smallest absolute Gasteiger partial charge is 0.252 e. The van der Waals surface area contributed by atoms with Gasteiger partial charge in [-0.1, -0.05) is 35.3 Å². The van der Waals surface area contributed by atoms with Crippen molar-refractivity contribution in [3.05, 3.63) is 63.6 Å². The number of halogens is 2. The fourth-order valence-corrected chi connectivity index (χ4v) is 3.36. The van der Waals surface area contributed by atoms with Gasteiger partial charge in [0.05, 0.1) is 22.9 Å². The van der Waals surface area contributed by atoms with Crippen LogP contribution in [0.25, 0.3) is 0 Å². The van der Waals surface area contributed by atoms with Crippen LogP contribution in [0.3, 0.4) is 0 Å². The van der Waals surface area contributed by atoms with Crippen LogP contribution >= 0.6 is 35.0 Å². The molecular formula is C19H20Cl2N2O3S. The summed E-state index contributed by atoms with van der Waals surface area (Å²) in [6.07, 6.45) is 0. The molecule has 2 rings (SSSR count). The molecule has 27 heavy (non-hydrogen) atoms. The minimum atomic E-state index is -0.284. The predicted octanol–water partition coefficient (Wildman–Crippen LogP) is 4.24. The van der Waals surface area contributed by atoms with Gasteiger partial charge in [0.15, 0.2) is 0 Å². The first-order valence-corrected chi connectivity index (χ1v) is 10.1. The van der Waals surface area contributed by atoms with E-state index in [4.69, 9.17) is 27.9 Å². The molecule has 5 nitrogen and oxygen atoms in total. The van der Waals surface area contributed by atoms with E-state index in [0.717, 1.165) is 5.56 Å². The number of carbonyl (C=O) groups is 2. The van der Waals surface area contributed by atoms with Gasteiger partial charge in [0.1, 0.15) is 0 Å². The Morgan fingerprint density at radius 2 is 1.85 bits per heavy atom. The molecule has 0 bridgehead atoms. The van der Waals surface area contributed by atoms with E-state index < -0.39 is 0 Å². The summed E-state index contributed by atoms with van der Waals surface area (Å²) in [6, 6.07) is 12.3. The molecule has 0 radical (unpaired) electrons. The molecular weight excluding hydrogens is 407 g/mol. The number of methoxy groups -OCH3 is 1. The predicted molar refractivity (Wildman–Crippen MR) is 112 cm³/mol. The lowest BCUT2D eigenvalue weighted by molar-refractivity contribution is -0.113. The van der Waals surface area contributed by atoms with Gasteiger partial charge >= 0.3 is 0 Å². The maximum atomic E-state index is 12.1. The first-order chi connectivity index (χ1) is 13.0. The monoisotopic (exact) mass is 426 g/mol. The average molecular weight is 427 g/mol. The Labute approximate surface area is 172 Å². The molecule has 2 aromatic carbocycles. The Bertz CT molecular complexity index is 785. The molecule has 0 unspecified atom stereocenters. The third-order valence-corrected chi connectivity index (χ3v) is 5.07. The van der Waals surface area contributed by atoms with Crippen molar-refractivity contribution in [1.82, 2.24) is 5.32 Å². The maximum absolute atomic E-state index is 12.1. The van der Waals surface area contributed by atoms with Crippen molar-refractivity contribution >= 4 is 52.5 Å². The van der Waals surface area contributed by atoms with E-state index in [0.29, 0.717) is 40.9 Å². The lowest BCUT2D eigenvalue weighted by Crippen LogP contribution is -2.27. The number of rotatable bonds is 9. The summed E-state index contributed by atoms with van der Waals surface area (Å²) in [7, 11) is 1.56. The molecule has 0 spiro atoms. The van der Waals surface area contributed by atoms with Crippen LogP contribution in [0.2, 0.25) is 10.0 Å². The van der Waals surface area contributed by atoms with E-state index >= 15 is 0 Å². The van der Waals surface area contributed by atoms with E-state index in [9.17, 15) is 9.59 Å². The zero-order chi connectivity index (χ0) is 19.6. The average Bonchev–Trinajstić information content (AvgIpc) is 2.63. The van der Waals surface area contributed by atoms with Crippen LogP contribution in [0.5, 0.6) is 0 Å². The van der Waals surface area contributed by atoms with Crippen LogP contribution in [0.15, 0.2) is 42.5 Å². The Morgan fingerprint density at radius 3 is 2.52 bits per heavy atom. The Kier molecular flexibility index (Phi) is 8.94. The second-order valence-electron chi connectivity index (χ2n) is 5.61. The molecule has 144 valence electrons. The minimum absolute atomic E-state index is 0.137. The van der Waals surface area contributed by atoms with Gasteiger partial charge in [-0.15, -0.1) is 11.8 Å². The topological polar surface area (TPSA) is 67.4 Å². The zero-order valence-electron chi connectivity index (χ0n) is 14.8. The van der Waals surface area contributed by atoms with Crippen molar-refractivity contribution in [3.8, 4) is 0 Å². The third kappa shape index (κ3) is 7.42. The maximum Gasteiger partial charge on any atom is 0.252 e. The number of hydrogen-bond acceptors (Lipinski definition) is 4. The molecule has 2 aromatic rings. The molecule has 8 heteroatoms. The lowest BCUT2D eigenvalue weighted by Gasteiger charge is -2.09. The van der Waals surface area contributed by atoms with E-state index in [1.165, 1.54) is 11.8 Å². The van der Waals surface area contributed by atoms with Crippen LogP contribution in [0, 0.1) is 0 Å². The number of anilines is 1. The Hall–Kier alpha value is -1.73. The van der Waals surface area contributed by atoms with Gasteiger partial charge in [-0.2, -0.15) is 0 Å². The molecule has 0 heterocycles. The number of hydrogen-bond donors (Lipinski definition) is 2. The van der Waals surface area contributed by atoms with Crippen LogP contribution in [-0.2, 0) is 15.3 Å². The van der Waals surface area contributed by atoms with Crippen molar-refractivity contribution < 1.29 is 14.3 Å². The van der Waals surface area contributed by atoms with Crippen molar-refractivity contribution in [2.24, 2.45) is 0 Å². The molecule has 2 amide bonds. The molecule has 0 aliphatic carbocycles. The number of carbonyl (C=O) groups excluding carboxylic acids is 2. The molecule has 0 aliphatic heterocycles. The molecule has 0 saturated carbocycles. The van der Waals surface area contributed by atoms with E-state index in [-0.39, 0.29) is 16.8 Å². The van der Waals surface area contributed by atoms with Crippen LogP contribution in [0.4, 0.5) is 5.69 Å². The summed E-state index contributed by atoms with van der Waals surface area (Å²) in [5, 5.41) is 6.44. The summed E-state index contributed by atoms with van der Waals surface area (Å²) < 4.78 is 4.88. The van der Waals surface area contributed by atoms with Gasteiger partial charge < -0.3 is 15.4 Å². The van der Waals surface area contributed by atoms with E-state index in [1.807, 2.05) is 24.3 Å². The van der Waals surface area contributed by atoms with Gasteiger partial charge in [0, 0.05) is 30.1 Å². The van der Waals surface area contributed by atoms with Gasteiger partial charge in [-0.25, -0.2) is 0 Å². The van der Waals surface area contributed by atoms with Crippen LogP contribution in [0.1, 0.15) is 15.9 Å². The number of amides is 2. The normalized spacial score (nSPS) is 10.5. The van der Waals surface area contributed by atoms with Crippen molar-refractivity contribution in [2.75, 3.05) is 31.3 Å². The highest BCUT2D eigenvalue weighted by Gasteiger charge is 2.11. The summed E-state index contributed by atoms with van der Waals surface area (Å²) >= 11 is 13.5. The fourth-order valence-electron chi connectivity index (χ4n) is 2.18. The van der Waals surface area contributed by atoms with Gasteiger partial charge in [0.25, 0.3) is 5.91 Å². The number of benzene rings is 2. The first kappa shape index (κ1) is 21.6. The van der Waals surface area contributed by atoms with Crippen molar-refractivity contribution in [1.29, 1.82) is 0 Å². The lowest BCUT2D eigenvalue weighted by atomic mass is 10.2. The second kappa shape index (κ2) is 11.2. The van der Waals surface area contributed by atoms with Crippen molar-refractivity contribution in [3.63, 3.8) is 0 Å². The summed E-state index contributed by atoms with van der Waals surface area (Å²) in [6.45, 7) is 0.820. The van der Waals surface area contributed by atoms with Gasteiger partial charge in [0.2, 0.25) is 5.91 Å². The summed E-state index contributed by atoms with van der Waals surface area (Å²) in [5.41, 5.74) is 2.00. The first-order valence-electron chi connectivity index (χ1n) is 8.18.